The number of nitrogen functional groups attached to an aromatic ring is 1. The number of nitrogens with two attached hydrogens (primary N) is 1. The Balaban J connectivity index is 2.04. The first-order valence-electron chi connectivity index (χ1n) is 5.47. The van der Waals surface area contributed by atoms with E-state index in [-0.39, 0.29) is 5.84 Å². The maximum Gasteiger partial charge on any atom is 0.122 e. The Labute approximate surface area is 116 Å². The van der Waals surface area contributed by atoms with Gasteiger partial charge in [-0.25, -0.2) is 0 Å². The topological polar surface area (TPSA) is 49.9 Å². The van der Waals surface area contributed by atoms with Gasteiger partial charge in [-0.2, -0.15) is 0 Å². The molecule has 2 aromatic rings. The average Bonchev–Trinajstić information content (AvgIpc) is 2.38. The zero-order valence-corrected chi connectivity index (χ0v) is 11.3. The summed E-state index contributed by atoms with van der Waals surface area (Å²) in [6.45, 7) is 0. The predicted molar refractivity (Wildman–Crippen MR) is 78.5 cm³/mol. The Morgan fingerprint density at radius 2 is 1.89 bits per heavy atom. The van der Waals surface area contributed by atoms with Crippen molar-refractivity contribution in [2.45, 2.75) is 10.6 Å². The highest BCUT2D eigenvalue weighted by Gasteiger charge is 2.00. The molecule has 0 aliphatic heterocycles. The minimum atomic E-state index is 0.105. The van der Waals surface area contributed by atoms with E-state index < -0.39 is 0 Å². The Kier molecular flexibility index (Phi) is 4.28. The van der Waals surface area contributed by atoms with Crippen molar-refractivity contribution in [3.63, 3.8) is 0 Å². The van der Waals surface area contributed by atoms with Crippen LogP contribution in [0.5, 0.6) is 0 Å². The fourth-order valence-corrected chi connectivity index (χ4v) is 2.49. The first-order chi connectivity index (χ1) is 8.65. The molecule has 2 aromatic carbocycles. The largest absolute Gasteiger partial charge is 0.384 e. The molecule has 0 amide bonds. The number of hydrogen-bond donors (Lipinski definition) is 2. The second kappa shape index (κ2) is 5.94. The Bertz CT molecular complexity index is 552. The van der Waals surface area contributed by atoms with Gasteiger partial charge in [-0.15, -0.1) is 11.8 Å². The molecule has 0 atom stereocenters. The van der Waals surface area contributed by atoms with Crippen molar-refractivity contribution in [2.75, 3.05) is 0 Å². The van der Waals surface area contributed by atoms with E-state index in [2.05, 4.69) is 0 Å². The van der Waals surface area contributed by atoms with Gasteiger partial charge in [0.1, 0.15) is 5.84 Å². The molecule has 0 fully saturated rings. The third-order valence-corrected chi connectivity index (χ3v) is 3.79. The van der Waals surface area contributed by atoms with Gasteiger partial charge in [0.2, 0.25) is 0 Å². The zero-order chi connectivity index (χ0) is 13.0. The van der Waals surface area contributed by atoms with Crippen LogP contribution in [0.1, 0.15) is 11.1 Å². The Morgan fingerprint density at radius 1 is 1.17 bits per heavy atom. The standard InChI is InChI=1S/C14H13ClN2S/c15-12-4-6-13(7-5-12)18-9-10-2-1-3-11(8-10)14(16)17/h1-8H,9H2,(H3,16,17). The van der Waals surface area contributed by atoms with E-state index in [1.165, 1.54) is 4.90 Å². The summed E-state index contributed by atoms with van der Waals surface area (Å²) in [5.41, 5.74) is 7.39. The molecule has 0 bridgehead atoms. The van der Waals surface area contributed by atoms with Crippen molar-refractivity contribution in [2.24, 2.45) is 5.73 Å². The van der Waals surface area contributed by atoms with Gasteiger partial charge >= 0.3 is 0 Å². The van der Waals surface area contributed by atoms with Crippen LogP contribution in [0.25, 0.3) is 0 Å². The molecule has 3 N–H and O–H groups in total. The summed E-state index contributed by atoms with van der Waals surface area (Å²) in [6.07, 6.45) is 0. The fraction of sp³-hybridized carbons (Fsp3) is 0.0714. The van der Waals surface area contributed by atoms with E-state index >= 15 is 0 Å². The van der Waals surface area contributed by atoms with Gasteiger partial charge in [0, 0.05) is 21.2 Å². The van der Waals surface area contributed by atoms with Gasteiger partial charge in [0.05, 0.1) is 0 Å². The van der Waals surface area contributed by atoms with Crippen LogP contribution in [-0.2, 0) is 5.75 Å². The number of amidine groups is 1. The number of hydrogen-bond acceptors (Lipinski definition) is 2. The average molecular weight is 277 g/mol. The van der Waals surface area contributed by atoms with Gasteiger partial charge in [0.25, 0.3) is 0 Å². The summed E-state index contributed by atoms with van der Waals surface area (Å²) in [4.78, 5) is 1.17. The molecule has 2 rings (SSSR count). The van der Waals surface area contributed by atoms with E-state index in [9.17, 15) is 0 Å². The molecular weight excluding hydrogens is 264 g/mol. The first-order valence-corrected chi connectivity index (χ1v) is 6.83. The van der Waals surface area contributed by atoms with E-state index in [1.807, 2.05) is 48.5 Å². The van der Waals surface area contributed by atoms with Crippen LogP contribution < -0.4 is 5.73 Å². The summed E-state index contributed by atoms with van der Waals surface area (Å²) < 4.78 is 0. The quantitative estimate of drug-likeness (QED) is 0.505. The minimum absolute atomic E-state index is 0.105. The molecule has 4 heteroatoms. The van der Waals surface area contributed by atoms with Gasteiger partial charge in [0.15, 0.2) is 0 Å². The van der Waals surface area contributed by atoms with Gasteiger partial charge in [-0.05, 0) is 35.9 Å². The lowest BCUT2D eigenvalue weighted by Crippen LogP contribution is -2.10. The van der Waals surface area contributed by atoms with Crippen LogP contribution in [0.15, 0.2) is 53.4 Å². The van der Waals surface area contributed by atoms with Crippen molar-refractivity contribution in [3.8, 4) is 0 Å². The van der Waals surface area contributed by atoms with E-state index in [1.54, 1.807) is 11.8 Å². The Morgan fingerprint density at radius 3 is 2.56 bits per heavy atom. The highest BCUT2D eigenvalue weighted by atomic mass is 35.5. The molecule has 0 spiro atoms. The van der Waals surface area contributed by atoms with Gasteiger partial charge < -0.3 is 5.73 Å². The second-order valence-corrected chi connectivity index (χ2v) is 5.34. The van der Waals surface area contributed by atoms with Crippen LogP contribution in [-0.4, -0.2) is 5.84 Å². The molecule has 0 saturated carbocycles. The Hall–Kier alpha value is -1.45. The summed E-state index contributed by atoms with van der Waals surface area (Å²) in [7, 11) is 0. The lowest BCUT2D eigenvalue weighted by atomic mass is 10.1. The molecule has 2 nitrogen and oxygen atoms in total. The smallest absolute Gasteiger partial charge is 0.122 e. The molecule has 92 valence electrons. The van der Waals surface area contributed by atoms with Crippen LogP contribution in [0.2, 0.25) is 5.02 Å². The highest BCUT2D eigenvalue weighted by molar-refractivity contribution is 7.98. The molecule has 18 heavy (non-hydrogen) atoms. The monoisotopic (exact) mass is 276 g/mol. The molecule has 0 saturated heterocycles. The van der Waals surface area contributed by atoms with Crippen LogP contribution in [0, 0.1) is 5.41 Å². The van der Waals surface area contributed by atoms with Crippen molar-refractivity contribution >= 4 is 29.2 Å². The minimum Gasteiger partial charge on any atom is -0.384 e. The summed E-state index contributed by atoms with van der Waals surface area (Å²) >= 11 is 7.57. The normalized spacial score (nSPS) is 10.3. The van der Waals surface area contributed by atoms with Crippen LogP contribution in [0.4, 0.5) is 0 Å². The van der Waals surface area contributed by atoms with Crippen LogP contribution in [0.3, 0.4) is 0 Å². The third-order valence-electron chi connectivity index (χ3n) is 2.46. The first kappa shape index (κ1) is 13.0. The summed E-state index contributed by atoms with van der Waals surface area (Å²) in [6, 6.07) is 15.5. The zero-order valence-electron chi connectivity index (χ0n) is 9.69. The molecule has 0 aliphatic rings. The maximum atomic E-state index is 7.41. The number of nitrogens with one attached hydrogen (secondary N) is 1. The number of benzene rings is 2. The SMILES string of the molecule is N=C(N)c1cccc(CSc2ccc(Cl)cc2)c1. The number of thioether (sulfide) groups is 1. The highest BCUT2D eigenvalue weighted by Crippen LogP contribution is 2.24. The summed E-state index contributed by atoms with van der Waals surface area (Å²) in [5, 5.41) is 8.16. The summed E-state index contributed by atoms with van der Waals surface area (Å²) in [5.74, 6) is 0.955. The second-order valence-electron chi connectivity index (χ2n) is 3.86. The fourth-order valence-electron chi connectivity index (χ4n) is 1.53. The number of rotatable bonds is 4. The lowest BCUT2D eigenvalue weighted by molar-refractivity contribution is 1.35. The molecular formula is C14H13ClN2S. The molecule has 0 unspecified atom stereocenters. The van der Waals surface area contributed by atoms with Gasteiger partial charge in [-0.1, -0.05) is 29.8 Å². The van der Waals surface area contributed by atoms with Crippen molar-refractivity contribution in [1.82, 2.24) is 0 Å². The van der Waals surface area contributed by atoms with Crippen molar-refractivity contribution in [1.29, 1.82) is 5.41 Å². The maximum absolute atomic E-state index is 7.41. The van der Waals surface area contributed by atoms with Crippen LogP contribution >= 0.6 is 23.4 Å². The van der Waals surface area contributed by atoms with E-state index in [0.29, 0.717) is 0 Å². The molecule has 0 radical (unpaired) electrons. The van der Waals surface area contributed by atoms with Crippen molar-refractivity contribution in [3.05, 3.63) is 64.7 Å². The number of halogens is 1. The third kappa shape index (κ3) is 3.52. The molecule has 0 aromatic heterocycles. The van der Waals surface area contributed by atoms with E-state index in [0.717, 1.165) is 21.9 Å². The predicted octanol–water partition coefficient (Wildman–Crippen LogP) is 3.92. The molecule has 0 heterocycles. The van der Waals surface area contributed by atoms with Crippen molar-refractivity contribution < 1.29 is 0 Å². The molecule has 0 aliphatic carbocycles. The van der Waals surface area contributed by atoms with E-state index in [4.69, 9.17) is 22.7 Å². The van der Waals surface area contributed by atoms with Gasteiger partial charge in [-0.3, -0.25) is 5.41 Å². The lowest BCUT2D eigenvalue weighted by Gasteiger charge is -2.04.